The molecule has 1 unspecified atom stereocenters. The molecule has 2 aliphatic rings. The lowest BCUT2D eigenvalue weighted by atomic mass is 10.2. The minimum atomic E-state index is -0.435. The summed E-state index contributed by atoms with van der Waals surface area (Å²) in [5, 5.41) is 0. The Kier molecular flexibility index (Phi) is 4.70. The smallest absolute Gasteiger partial charge is 0.275 e. The second kappa shape index (κ2) is 6.74. The zero-order valence-electron chi connectivity index (χ0n) is 13.3. The van der Waals surface area contributed by atoms with E-state index in [4.69, 9.17) is 4.74 Å². The van der Waals surface area contributed by atoms with Gasteiger partial charge in [-0.05, 0) is 18.8 Å². The van der Waals surface area contributed by atoms with Crippen LogP contribution in [0.1, 0.15) is 23.3 Å². The van der Waals surface area contributed by atoms with Gasteiger partial charge in [0.2, 0.25) is 11.8 Å². The number of amides is 2. The quantitative estimate of drug-likeness (QED) is 0.794. The van der Waals surface area contributed by atoms with E-state index in [-0.39, 0.29) is 17.5 Å². The molecule has 8 heteroatoms. The number of nitrogens with zero attached hydrogens (tertiary/aromatic N) is 4. The Hall–Kier alpha value is -1.83. The predicted octanol–water partition coefficient (Wildman–Crippen LogP) is 0.869. The summed E-state index contributed by atoms with van der Waals surface area (Å²) in [4.78, 5) is 36.1. The summed E-state index contributed by atoms with van der Waals surface area (Å²) in [5.74, 6) is 1.84. The molecule has 1 aromatic rings. The van der Waals surface area contributed by atoms with Gasteiger partial charge in [0.1, 0.15) is 11.7 Å². The summed E-state index contributed by atoms with van der Waals surface area (Å²) in [6, 6.07) is -0.435. The lowest BCUT2D eigenvalue weighted by molar-refractivity contribution is -0.132. The lowest BCUT2D eigenvalue weighted by Gasteiger charge is -2.24. The molecule has 1 atom stereocenters. The minimum Gasteiger partial charge on any atom is -0.476 e. The van der Waals surface area contributed by atoms with Gasteiger partial charge < -0.3 is 14.5 Å². The van der Waals surface area contributed by atoms with Crippen molar-refractivity contribution in [2.24, 2.45) is 5.92 Å². The maximum absolute atomic E-state index is 12.6. The zero-order chi connectivity index (χ0) is 16.4. The highest BCUT2D eigenvalue weighted by Gasteiger charge is 2.36. The summed E-state index contributed by atoms with van der Waals surface area (Å²) in [6.45, 7) is 0.657. The molecule has 2 heterocycles. The van der Waals surface area contributed by atoms with E-state index in [1.807, 2.05) is 0 Å². The van der Waals surface area contributed by atoms with Crippen LogP contribution in [0, 0.1) is 5.92 Å². The van der Waals surface area contributed by atoms with Crippen LogP contribution in [0.5, 0.6) is 5.88 Å². The standard InChI is InChI=1S/C15H20N4O3S/c1-18(2)15(21)12-8-23-9-19(12)14(20)11-5-17-13(6-16-11)22-7-10-3-4-10/h5-6,10,12H,3-4,7-9H2,1-2H3. The van der Waals surface area contributed by atoms with Crippen LogP contribution in [0.3, 0.4) is 0 Å². The molecule has 0 spiro atoms. The molecule has 7 nitrogen and oxygen atoms in total. The molecular formula is C15H20N4O3S. The highest BCUT2D eigenvalue weighted by Crippen LogP contribution is 2.29. The Morgan fingerprint density at radius 2 is 2.13 bits per heavy atom. The topological polar surface area (TPSA) is 75.6 Å². The first kappa shape index (κ1) is 16.0. The Labute approximate surface area is 139 Å². The van der Waals surface area contributed by atoms with E-state index < -0.39 is 6.04 Å². The first-order valence-electron chi connectivity index (χ1n) is 7.61. The van der Waals surface area contributed by atoms with Crippen molar-refractivity contribution >= 4 is 23.6 Å². The van der Waals surface area contributed by atoms with Gasteiger partial charge in [-0.2, -0.15) is 0 Å². The third-order valence-electron chi connectivity index (χ3n) is 3.88. The van der Waals surface area contributed by atoms with Crippen molar-refractivity contribution in [3.63, 3.8) is 0 Å². The maximum Gasteiger partial charge on any atom is 0.275 e. The van der Waals surface area contributed by atoms with Gasteiger partial charge in [0.25, 0.3) is 5.91 Å². The van der Waals surface area contributed by atoms with Crippen LogP contribution < -0.4 is 4.74 Å². The van der Waals surface area contributed by atoms with Crippen LogP contribution in [0.25, 0.3) is 0 Å². The number of thioether (sulfide) groups is 1. The van der Waals surface area contributed by atoms with Gasteiger partial charge in [0.15, 0.2) is 0 Å². The number of hydrogen-bond donors (Lipinski definition) is 0. The van der Waals surface area contributed by atoms with E-state index in [1.54, 1.807) is 30.8 Å². The SMILES string of the molecule is CN(C)C(=O)C1CSCN1C(=O)c1cnc(OCC2CC2)cn1. The Bertz CT molecular complexity index is 589. The van der Waals surface area contributed by atoms with Crippen LogP contribution in [0.4, 0.5) is 0 Å². The number of aromatic nitrogens is 2. The molecule has 1 aromatic heterocycles. The largest absolute Gasteiger partial charge is 0.476 e. The van der Waals surface area contributed by atoms with Gasteiger partial charge in [-0.1, -0.05) is 0 Å². The van der Waals surface area contributed by atoms with Gasteiger partial charge in [0, 0.05) is 19.8 Å². The van der Waals surface area contributed by atoms with E-state index in [9.17, 15) is 9.59 Å². The lowest BCUT2D eigenvalue weighted by Crippen LogP contribution is -2.47. The van der Waals surface area contributed by atoms with E-state index in [1.165, 1.54) is 30.1 Å². The first-order valence-corrected chi connectivity index (χ1v) is 8.76. The van der Waals surface area contributed by atoms with Crippen molar-refractivity contribution in [1.82, 2.24) is 19.8 Å². The molecule has 0 bridgehead atoms. The Morgan fingerprint density at radius 1 is 1.35 bits per heavy atom. The Morgan fingerprint density at radius 3 is 2.74 bits per heavy atom. The average Bonchev–Trinajstić information content (AvgIpc) is 3.26. The predicted molar refractivity (Wildman–Crippen MR) is 86.2 cm³/mol. The molecule has 2 fully saturated rings. The number of carbonyl (C=O) groups excluding carboxylic acids is 2. The van der Waals surface area contributed by atoms with Crippen molar-refractivity contribution < 1.29 is 14.3 Å². The van der Waals surface area contributed by atoms with E-state index in [0.717, 1.165) is 0 Å². The molecular weight excluding hydrogens is 316 g/mol. The molecule has 3 rings (SSSR count). The van der Waals surface area contributed by atoms with Crippen molar-refractivity contribution in [2.45, 2.75) is 18.9 Å². The molecule has 1 aliphatic carbocycles. The molecule has 2 amide bonds. The summed E-state index contributed by atoms with van der Waals surface area (Å²) >= 11 is 1.57. The fourth-order valence-corrected chi connectivity index (χ4v) is 3.43. The summed E-state index contributed by atoms with van der Waals surface area (Å²) < 4.78 is 5.52. The fraction of sp³-hybridized carbons (Fsp3) is 0.600. The monoisotopic (exact) mass is 336 g/mol. The summed E-state index contributed by atoms with van der Waals surface area (Å²) in [5.41, 5.74) is 0.239. The molecule has 0 aromatic carbocycles. The molecule has 1 aliphatic heterocycles. The second-order valence-corrected chi connectivity index (χ2v) is 7.02. The van der Waals surface area contributed by atoms with Crippen LogP contribution in [0.15, 0.2) is 12.4 Å². The van der Waals surface area contributed by atoms with Gasteiger partial charge in [-0.25, -0.2) is 9.97 Å². The Balaban J connectivity index is 1.65. The highest BCUT2D eigenvalue weighted by molar-refractivity contribution is 7.99. The van der Waals surface area contributed by atoms with Gasteiger partial charge in [-0.3, -0.25) is 9.59 Å². The molecule has 124 valence electrons. The minimum absolute atomic E-state index is 0.0688. The van der Waals surface area contributed by atoms with Crippen LogP contribution in [-0.2, 0) is 4.79 Å². The molecule has 0 radical (unpaired) electrons. The number of rotatable bonds is 5. The van der Waals surface area contributed by atoms with Gasteiger partial charge in [0.05, 0.1) is 24.9 Å². The number of carbonyl (C=O) groups is 2. The molecule has 0 N–H and O–H groups in total. The third kappa shape index (κ3) is 3.74. The van der Waals surface area contributed by atoms with E-state index >= 15 is 0 Å². The molecule has 1 saturated carbocycles. The van der Waals surface area contributed by atoms with Gasteiger partial charge in [-0.15, -0.1) is 11.8 Å². The first-order chi connectivity index (χ1) is 11.1. The third-order valence-corrected chi connectivity index (χ3v) is 4.89. The van der Waals surface area contributed by atoms with E-state index in [0.29, 0.717) is 30.0 Å². The number of hydrogen-bond acceptors (Lipinski definition) is 6. The molecule has 1 saturated heterocycles. The van der Waals surface area contributed by atoms with Crippen LogP contribution >= 0.6 is 11.8 Å². The van der Waals surface area contributed by atoms with Gasteiger partial charge >= 0.3 is 0 Å². The molecule has 23 heavy (non-hydrogen) atoms. The fourth-order valence-electron chi connectivity index (χ4n) is 2.28. The van der Waals surface area contributed by atoms with Crippen molar-refractivity contribution in [2.75, 3.05) is 32.3 Å². The van der Waals surface area contributed by atoms with Crippen molar-refractivity contribution in [3.8, 4) is 5.88 Å². The number of likely N-dealkylation sites (N-methyl/N-ethyl adjacent to an activating group) is 1. The normalized spacial score (nSPS) is 20.4. The van der Waals surface area contributed by atoms with Crippen LogP contribution in [-0.4, -0.2) is 70.0 Å². The average molecular weight is 336 g/mol. The van der Waals surface area contributed by atoms with Crippen molar-refractivity contribution in [1.29, 1.82) is 0 Å². The summed E-state index contributed by atoms with van der Waals surface area (Å²) in [6.07, 6.45) is 5.31. The maximum atomic E-state index is 12.6. The summed E-state index contributed by atoms with van der Waals surface area (Å²) in [7, 11) is 3.39. The number of ether oxygens (including phenoxy) is 1. The van der Waals surface area contributed by atoms with Crippen LogP contribution in [0.2, 0.25) is 0 Å². The van der Waals surface area contributed by atoms with E-state index in [2.05, 4.69) is 9.97 Å². The zero-order valence-corrected chi connectivity index (χ0v) is 14.1. The highest BCUT2D eigenvalue weighted by atomic mass is 32.2. The second-order valence-electron chi connectivity index (χ2n) is 6.02. The van der Waals surface area contributed by atoms with Crippen molar-refractivity contribution in [3.05, 3.63) is 18.1 Å².